The van der Waals surface area contributed by atoms with Crippen molar-refractivity contribution in [3.8, 4) is 0 Å². The highest BCUT2D eigenvalue weighted by Gasteiger charge is 2.21. The molecule has 1 rings (SSSR count). The first-order valence-corrected chi connectivity index (χ1v) is 6.34. The van der Waals surface area contributed by atoms with Gasteiger partial charge in [0.1, 0.15) is 5.82 Å². The molecule has 19 heavy (non-hydrogen) atoms. The molecule has 5 nitrogen and oxygen atoms in total. The smallest absolute Gasteiger partial charge is 0.251 e. The molecule has 106 valence electrons. The van der Waals surface area contributed by atoms with Crippen LogP contribution in [0.5, 0.6) is 0 Å². The van der Waals surface area contributed by atoms with Gasteiger partial charge in [-0.05, 0) is 32.9 Å². The van der Waals surface area contributed by atoms with E-state index in [1.165, 1.54) is 0 Å². The second-order valence-corrected chi connectivity index (χ2v) is 6.72. The Morgan fingerprint density at radius 3 is 2.16 bits per heavy atom. The largest absolute Gasteiger partial charge is 0.347 e. The Morgan fingerprint density at radius 2 is 1.74 bits per heavy atom. The lowest BCUT2D eigenvalue weighted by Gasteiger charge is -2.23. The molecule has 1 heterocycles. The van der Waals surface area contributed by atoms with E-state index >= 15 is 0 Å². The summed E-state index contributed by atoms with van der Waals surface area (Å²) >= 11 is 0. The number of nitrogens with one attached hydrogen (secondary N) is 2. The van der Waals surface area contributed by atoms with E-state index in [-0.39, 0.29) is 16.9 Å². The number of nitrogens with two attached hydrogens (primary N) is 1. The van der Waals surface area contributed by atoms with Crippen LogP contribution < -0.4 is 16.6 Å². The maximum absolute atomic E-state index is 12.2. The van der Waals surface area contributed by atoms with Gasteiger partial charge in [-0.25, -0.2) is 10.8 Å². The molecule has 0 bridgehead atoms. The molecule has 0 atom stereocenters. The van der Waals surface area contributed by atoms with E-state index in [0.717, 1.165) is 5.69 Å². The van der Waals surface area contributed by atoms with Crippen LogP contribution in [0.1, 0.15) is 57.6 Å². The predicted molar refractivity (Wildman–Crippen MR) is 78.0 cm³/mol. The van der Waals surface area contributed by atoms with Crippen molar-refractivity contribution in [2.75, 3.05) is 5.43 Å². The highest BCUT2D eigenvalue weighted by atomic mass is 16.1. The van der Waals surface area contributed by atoms with Gasteiger partial charge in [0, 0.05) is 22.2 Å². The lowest BCUT2D eigenvalue weighted by molar-refractivity contribution is 0.0919. The Bertz CT molecular complexity index is 469. The molecule has 0 aromatic carbocycles. The lowest BCUT2D eigenvalue weighted by Crippen LogP contribution is -2.40. The van der Waals surface area contributed by atoms with Crippen molar-refractivity contribution in [2.24, 2.45) is 5.84 Å². The number of hydrogen-bond acceptors (Lipinski definition) is 4. The number of rotatable bonds is 2. The van der Waals surface area contributed by atoms with Crippen molar-refractivity contribution in [1.82, 2.24) is 10.3 Å². The number of nitrogens with zero attached hydrogens (tertiary/aromatic N) is 1. The molecule has 0 saturated carbocycles. The summed E-state index contributed by atoms with van der Waals surface area (Å²) in [5.74, 6) is 5.78. The minimum absolute atomic E-state index is 0.128. The number of carbonyl (C=O) groups is 1. The molecule has 5 heteroatoms. The number of pyridine rings is 1. The molecule has 1 aromatic rings. The molecule has 1 amide bonds. The van der Waals surface area contributed by atoms with E-state index in [1.54, 1.807) is 6.07 Å². The average molecular weight is 264 g/mol. The highest BCUT2D eigenvalue weighted by Crippen LogP contribution is 2.23. The molecule has 0 unspecified atom stereocenters. The van der Waals surface area contributed by atoms with Crippen molar-refractivity contribution < 1.29 is 4.79 Å². The maximum Gasteiger partial charge on any atom is 0.251 e. The summed E-state index contributed by atoms with van der Waals surface area (Å²) in [6.07, 6.45) is 0. The van der Waals surface area contributed by atoms with Gasteiger partial charge in [-0.1, -0.05) is 20.8 Å². The van der Waals surface area contributed by atoms with Crippen LogP contribution in [-0.4, -0.2) is 16.4 Å². The number of amides is 1. The van der Waals surface area contributed by atoms with Gasteiger partial charge in [-0.3, -0.25) is 4.79 Å². The molecule has 4 N–H and O–H groups in total. The fraction of sp³-hybridized carbons (Fsp3) is 0.571. The minimum atomic E-state index is -0.279. The lowest BCUT2D eigenvalue weighted by atomic mass is 9.90. The van der Waals surface area contributed by atoms with Crippen molar-refractivity contribution in [3.63, 3.8) is 0 Å². The summed E-state index contributed by atoms with van der Waals surface area (Å²) < 4.78 is 0. The van der Waals surface area contributed by atoms with Gasteiger partial charge < -0.3 is 10.7 Å². The summed E-state index contributed by atoms with van der Waals surface area (Å²) in [4.78, 5) is 16.6. The Morgan fingerprint density at radius 1 is 1.16 bits per heavy atom. The molecule has 0 fully saturated rings. The number of anilines is 1. The highest BCUT2D eigenvalue weighted by molar-refractivity contribution is 5.95. The van der Waals surface area contributed by atoms with Crippen LogP contribution >= 0.6 is 0 Å². The first-order valence-electron chi connectivity index (χ1n) is 6.34. The molecule has 1 aromatic heterocycles. The van der Waals surface area contributed by atoms with E-state index < -0.39 is 0 Å². The SMILES string of the molecule is CC(C)(C)NC(=O)c1cc(NN)nc(C(C)(C)C)c1. The molecular formula is C14H24N4O. The van der Waals surface area contributed by atoms with Crippen molar-refractivity contribution in [2.45, 2.75) is 52.5 Å². The second kappa shape index (κ2) is 5.17. The third-order valence-electron chi connectivity index (χ3n) is 2.49. The quantitative estimate of drug-likeness (QED) is 0.565. The van der Waals surface area contributed by atoms with Gasteiger partial charge in [0.2, 0.25) is 0 Å². The van der Waals surface area contributed by atoms with Gasteiger partial charge in [0.25, 0.3) is 5.91 Å². The van der Waals surface area contributed by atoms with Crippen LogP contribution in [-0.2, 0) is 5.41 Å². The van der Waals surface area contributed by atoms with Crippen LogP contribution in [0.2, 0.25) is 0 Å². The van der Waals surface area contributed by atoms with Gasteiger partial charge in [-0.15, -0.1) is 0 Å². The Balaban J connectivity index is 3.18. The zero-order valence-electron chi connectivity index (χ0n) is 12.6. The number of nitrogen functional groups attached to an aromatic ring is 1. The minimum Gasteiger partial charge on any atom is -0.347 e. The summed E-state index contributed by atoms with van der Waals surface area (Å²) in [5.41, 5.74) is 3.46. The third-order valence-corrected chi connectivity index (χ3v) is 2.49. The summed E-state index contributed by atoms with van der Waals surface area (Å²) in [6.45, 7) is 12.0. The van der Waals surface area contributed by atoms with Crippen molar-refractivity contribution in [3.05, 3.63) is 23.4 Å². The van der Waals surface area contributed by atoms with Gasteiger partial charge in [-0.2, -0.15) is 0 Å². The third kappa shape index (κ3) is 4.52. The van der Waals surface area contributed by atoms with Gasteiger partial charge in [0.15, 0.2) is 0 Å². The number of carbonyl (C=O) groups excluding carboxylic acids is 1. The van der Waals surface area contributed by atoms with E-state index in [4.69, 9.17) is 5.84 Å². The first-order chi connectivity index (χ1) is 8.53. The molecule has 0 radical (unpaired) electrons. The molecule has 0 aliphatic rings. The van der Waals surface area contributed by atoms with Gasteiger partial charge >= 0.3 is 0 Å². The van der Waals surface area contributed by atoms with Crippen molar-refractivity contribution >= 4 is 11.7 Å². The van der Waals surface area contributed by atoms with E-state index in [0.29, 0.717) is 11.4 Å². The second-order valence-electron chi connectivity index (χ2n) is 6.72. The monoisotopic (exact) mass is 264 g/mol. The molecular weight excluding hydrogens is 240 g/mol. The van der Waals surface area contributed by atoms with E-state index in [2.05, 4.69) is 15.7 Å². The van der Waals surface area contributed by atoms with Crippen LogP contribution in [0.25, 0.3) is 0 Å². The van der Waals surface area contributed by atoms with Gasteiger partial charge in [0.05, 0.1) is 0 Å². The summed E-state index contributed by atoms with van der Waals surface area (Å²) in [5, 5.41) is 2.93. The zero-order chi connectivity index (χ0) is 14.8. The maximum atomic E-state index is 12.2. The van der Waals surface area contributed by atoms with Crippen LogP contribution in [0.15, 0.2) is 12.1 Å². The standard InChI is InChI=1S/C14H24N4O/c1-13(2,3)10-7-9(8-11(16-10)18-15)12(19)17-14(4,5)6/h7-8H,15H2,1-6H3,(H,16,18)(H,17,19). The zero-order valence-corrected chi connectivity index (χ0v) is 12.6. The summed E-state index contributed by atoms with van der Waals surface area (Å²) in [7, 11) is 0. The molecule has 0 spiro atoms. The first kappa shape index (κ1) is 15.4. The molecule has 0 aliphatic heterocycles. The predicted octanol–water partition coefficient (Wildman–Crippen LogP) is 2.19. The average Bonchev–Trinajstić information content (AvgIpc) is 2.25. The normalized spacial score (nSPS) is 12.2. The van der Waals surface area contributed by atoms with E-state index in [9.17, 15) is 4.79 Å². The fourth-order valence-corrected chi connectivity index (χ4v) is 1.53. The topological polar surface area (TPSA) is 80.0 Å². The number of hydrazine groups is 1. The Kier molecular flexibility index (Phi) is 4.20. The molecule has 0 saturated heterocycles. The van der Waals surface area contributed by atoms with Crippen LogP contribution in [0, 0.1) is 0 Å². The van der Waals surface area contributed by atoms with Crippen molar-refractivity contribution in [1.29, 1.82) is 0 Å². The fourth-order valence-electron chi connectivity index (χ4n) is 1.53. The van der Waals surface area contributed by atoms with Crippen LogP contribution in [0.4, 0.5) is 5.82 Å². The Hall–Kier alpha value is -1.62. The van der Waals surface area contributed by atoms with Crippen LogP contribution in [0.3, 0.4) is 0 Å². The molecule has 0 aliphatic carbocycles. The number of hydrogen-bond donors (Lipinski definition) is 3. The summed E-state index contributed by atoms with van der Waals surface area (Å²) in [6, 6.07) is 3.46. The number of aromatic nitrogens is 1. The Labute approximate surface area is 115 Å². The van der Waals surface area contributed by atoms with E-state index in [1.807, 2.05) is 47.6 Å².